The van der Waals surface area contributed by atoms with Crippen LogP contribution in [0.1, 0.15) is 33.3 Å². The Bertz CT molecular complexity index is 997. The first kappa shape index (κ1) is 22.3. The summed E-state index contributed by atoms with van der Waals surface area (Å²) in [6, 6.07) is 2.98. The molecule has 1 radical (unpaired) electrons. The zero-order valence-electron chi connectivity index (χ0n) is 15.9. The van der Waals surface area contributed by atoms with E-state index >= 15 is 0 Å². The summed E-state index contributed by atoms with van der Waals surface area (Å²) in [5, 5.41) is 10.6. The Balaban J connectivity index is 2.79. The van der Waals surface area contributed by atoms with Crippen molar-refractivity contribution in [1.82, 2.24) is 4.57 Å². The number of nitro benzene ring substituents is 1. The van der Waals surface area contributed by atoms with Crippen LogP contribution in [0.4, 0.5) is 18.9 Å². The molecule has 0 aliphatic carbocycles. The molecule has 11 heteroatoms. The van der Waals surface area contributed by atoms with Gasteiger partial charge in [-0.25, -0.2) is 0 Å². The van der Waals surface area contributed by atoms with Crippen LogP contribution >= 0.6 is 12.6 Å². The molecular weight excluding hydrogens is 396 g/mol. The van der Waals surface area contributed by atoms with Crippen LogP contribution in [-0.4, -0.2) is 27.3 Å². The van der Waals surface area contributed by atoms with Crippen LogP contribution < -0.4 is 11.0 Å². The Kier molecular flexibility index (Phi) is 5.66. The number of hydrogen-bond donors (Lipinski definition) is 1. The van der Waals surface area contributed by atoms with Gasteiger partial charge in [-0.05, 0) is 33.8 Å². The standard InChI is InChI=1S/C17H19BF3N2O4S/c1-15(2,16(3,4)28)27-18-13-12(17(19,20)21)10-8-9(23(25)26)6-7-11(10)22(5)14(13)24/h6-8,28H,1-5H3. The summed E-state index contributed by atoms with van der Waals surface area (Å²) in [6.07, 6.45) is -4.93. The lowest BCUT2D eigenvalue weighted by Crippen LogP contribution is -2.50. The molecular formula is C17H19BF3N2O4S. The second kappa shape index (κ2) is 7.11. The third kappa shape index (κ3) is 4.05. The van der Waals surface area contributed by atoms with Gasteiger partial charge in [0.1, 0.15) is 0 Å². The van der Waals surface area contributed by atoms with Crippen molar-refractivity contribution in [2.45, 2.75) is 44.2 Å². The van der Waals surface area contributed by atoms with E-state index in [-0.39, 0.29) is 5.52 Å². The number of aromatic nitrogens is 1. The van der Waals surface area contributed by atoms with Gasteiger partial charge < -0.3 is 9.22 Å². The van der Waals surface area contributed by atoms with Crippen LogP contribution in [0.25, 0.3) is 10.9 Å². The lowest BCUT2D eigenvalue weighted by molar-refractivity contribution is -0.384. The molecule has 0 N–H and O–H groups in total. The van der Waals surface area contributed by atoms with E-state index in [9.17, 15) is 28.1 Å². The molecule has 0 saturated heterocycles. The van der Waals surface area contributed by atoms with E-state index < -0.39 is 49.1 Å². The summed E-state index contributed by atoms with van der Waals surface area (Å²) in [6.45, 7) is 6.69. The predicted molar refractivity (Wildman–Crippen MR) is 104 cm³/mol. The van der Waals surface area contributed by atoms with E-state index in [0.29, 0.717) is 0 Å². The highest BCUT2D eigenvalue weighted by Gasteiger charge is 2.40. The molecule has 151 valence electrons. The molecule has 28 heavy (non-hydrogen) atoms. The first-order chi connectivity index (χ1) is 12.6. The molecule has 1 heterocycles. The van der Waals surface area contributed by atoms with Gasteiger partial charge >= 0.3 is 13.7 Å². The van der Waals surface area contributed by atoms with Crippen molar-refractivity contribution < 1.29 is 22.7 Å². The predicted octanol–water partition coefficient (Wildman–Crippen LogP) is 3.21. The van der Waals surface area contributed by atoms with Crippen LogP contribution in [0.2, 0.25) is 0 Å². The first-order valence-corrected chi connectivity index (χ1v) is 8.64. The SMILES string of the molecule is Cn1c(=O)c([B]OC(C)(C)C(C)(C)S)c(C(F)(F)F)c2cc([N+](=O)[O-])ccc21. The van der Waals surface area contributed by atoms with E-state index in [0.717, 1.165) is 30.2 Å². The molecule has 0 fully saturated rings. The Morgan fingerprint density at radius 1 is 1.21 bits per heavy atom. The van der Waals surface area contributed by atoms with Gasteiger partial charge in [0.15, 0.2) is 0 Å². The Labute approximate surface area is 165 Å². The maximum absolute atomic E-state index is 13.9. The second-order valence-corrected chi connectivity index (χ2v) is 8.53. The van der Waals surface area contributed by atoms with Crippen LogP contribution in [0.5, 0.6) is 0 Å². The topological polar surface area (TPSA) is 74.4 Å². The number of aryl methyl sites for hydroxylation is 1. The molecule has 0 unspecified atom stereocenters. The fraction of sp³-hybridized carbons (Fsp3) is 0.471. The van der Waals surface area contributed by atoms with E-state index in [4.69, 9.17) is 4.65 Å². The largest absolute Gasteiger partial charge is 0.428 e. The van der Waals surface area contributed by atoms with Crippen molar-refractivity contribution in [3.05, 3.63) is 44.2 Å². The molecule has 1 aromatic carbocycles. The molecule has 0 saturated carbocycles. The molecule has 0 aliphatic heterocycles. The number of pyridine rings is 1. The Morgan fingerprint density at radius 2 is 1.79 bits per heavy atom. The number of benzene rings is 1. The molecule has 1 aromatic heterocycles. The number of alkyl halides is 3. The number of thiol groups is 1. The van der Waals surface area contributed by atoms with Crippen molar-refractivity contribution >= 4 is 42.2 Å². The molecule has 0 spiro atoms. The summed E-state index contributed by atoms with van der Waals surface area (Å²) in [4.78, 5) is 22.9. The zero-order chi connectivity index (χ0) is 21.7. The average Bonchev–Trinajstić information content (AvgIpc) is 2.53. The second-order valence-electron chi connectivity index (χ2n) is 7.41. The van der Waals surface area contributed by atoms with E-state index in [1.54, 1.807) is 27.7 Å². The fourth-order valence-electron chi connectivity index (χ4n) is 2.44. The van der Waals surface area contributed by atoms with Crippen LogP contribution in [0.3, 0.4) is 0 Å². The summed E-state index contributed by atoms with van der Waals surface area (Å²) in [7, 11) is 2.06. The lowest BCUT2D eigenvalue weighted by Gasteiger charge is -2.38. The number of fused-ring (bicyclic) bond motifs is 1. The van der Waals surface area contributed by atoms with Crippen LogP contribution in [-0.2, 0) is 17.9 Å². The fourth-order valence-corrected chi connectivity index (χ4v) is 2.49. The van der Waals surface area contributed by atoms with Gasteiger partial charge in [-0.3, -0.25) is 14.9 Å². The summed E-state index contributed by atoms with van der Waals surface area (Å²) < 4.78 is 47.4. The summed E-state index contributed by atoms with van der Waals surface area (Å²) in [5.74, 6) is 0. The molecule has 2 aromatic rings. The molecule has 0 amide bonds. The van der Waals surface area contributed by atoms with Gasteiger partial charge in [0.2, 0.25) is 5.56 Å². The van der Waals surface area contributed by atoms with Crippen LogP contribution in [0.15, 0.2) is 23.0 Å². The number of nitro groups is 1. The van der Waals surface area contributed by atoms with Gasteiger partial charge in [-0.2, -0.15) is 25.8 Å². The minimum absolute atomic E-state index is 0.0751. The molecule has 0 aliphatic rings. The van der Waals surface area contributed by atoms with Gasteiger partial charge in [0, 0.05) is 34.8 Å². The zero-order valence-corrected chi connectivity index (χ0v) is 16.8. The highest BCUT2D eigenvalue weighted by Crippen LogP contribution is 2.35. The number of halogens is 3. The number of non-ortho nitro benzene ring substituents is 1. The number of nitrogens with zero attached hydrogens (tertiary/aromatic N) is 2. The normalized spacial score (nSPS) is 13.0. The van der Waals surface area contributed by atoms with Crippen molar-refractivity contribution in [3.8, 4) is 0 Å². The van der Waals surface area contributed by atoms with Crippen molar-refractivity contribution in [3.63, 3.8) is 0 Å². The van der Waals surface area contributed by atoms with E-state index in [1.807, 2.05) is 0 Å². The number of rotatable bonds is 5. The summed E-state index contributed by atoms with van der Waals surface area (Å²) in [5.41, 5.74) is -4.53. The van der Waals surface area contributed by atoms with Crippen molar-refractivity contribution in [1.29, 1.82) is 0 Å². The average molecular weight is 415 g/mol. The Hall–Kier alpha value is -2.01. The van der Waals surface area contributed by atoms with Gasteiger partial charge in [-0.15, -0.1) is 0 Å². The van der Waals surface area contributed by atoms with Crippen LogP contribution in [0, 0.1) is 10.1 Å². The smallest absolute Gasteiger partial charge is 0.416 e. The molecule has 2 rings (SSSR count). The third-order valence-corrected chi connectivity index (χ3v) is 5.39. The highest BCUT2D eigenvalue weighted by molar-refractivity contribution is 7.81. The molecule has 6 nitrogen and oxygen atoms in total. The van der Waals surface area contributed by atoms with Gasteiger partial charge in [0.25, 0.3) is 5.69 Å². The van der Waals surface area contributed by atoms with E-state index in [1.165, 1.54) is 7.05 Å². The third-order valence-electron chi connectivity index (χ3n) is 4.85. The first-order valence-electron chi connectivity index (χ1n) is 8.19. The molecule has 0 bridgehead atoms. The minimum atomic E-state index is -4.93. The monoisotopic (exact) mass is 415 g/mol. The minimum Gasteiger partial charge on any atom is -0.428 e. The highest BCUT2D eigenvalue weighted by atomic mass is 32.1. The van der Waals surface area contributed by atoms with Gasteiger partial charge in [0.05, 0.1) is 21.6 Å². The maximum atomic E-state index is 13.9. The maximum Gasteiger partial charge on any atom is 0.416 e. The van der Waals surface area contributed by atoms with E-state index in [2.05, 4.69) is 12.6 Å². The number of hydrogen-bond acceptors (Lipinski definition) is 5. The lowest BCUT2D eigenvalue weighted by atomic mass is 9.80. The Morgan fingerprint density at radius 3 is 2.25 bits per heavy atom. The summed E-state index contributed by atoms with van der Waals surface area (Å²) >= 11 is 4.38. The van der Waals surface area contributed by atoms with Crippen molar-refractivity contribution in [2.75, 3.05) is 0 Å². The quantitative estimate of drug-likeness (QED) is 0.352. The van der Waals surface area contributed by atoms with Gasteiger partial charge in [-0.1, -0.05) is 0 Å². The van der Waals surface area contributed by atoms with Crippen molar-refractivity contribution in [2.24, 2.45) is 7.05 Å². The molecule has 0 atom stereocenters.